The highest BCUT2D eigenvalue weighted by atomic mass is 32.2. The van der Waals surface area contributed by atoms with Crippen LogP contribution in [0.1, 0.15) is 12.0 Å². The Bertz CT molecular complexity index is 845. The van der Waals surface area contributed by atoms with E-state index in [9.17, 15) is 13.2 Å². The summed E-state index contributed by atoms with van der Waals surface area (Å²) in [6, 6.07) is 14.6. The minimum atomic E-state index is -3.49. The van der Waals surface area contributed by atoms with Gasteiger partial charge in [-0.1, -0.05) is 17.7 Å². The van der Waals surface area contributed by atoms with Gasteiger partial charge in [0.15, 0.2) is 0 Å². The molecule has 0 aliphatic rings. The molecular weight excluding hydrogens is 350 g/mol. The zero-order valence-electron chi connectivity index (χ0n) is 15.6. The molecule has 0 saturated carbocycles. The number of carbonyl (C=O) groups is 1. The fourth-order valence-electron chi connectivity index (χ4n) is 2.47. The molecular formula is C19H25N3O3S. The molecule has 0 aliphatic heterocycles. The fourth-order valence-corrected chi connectivity index (χ4v) is 3.39. The molecule has 0 atom stereocenters. The number of aryl methyl sites for hydroxylation is 1. The van der Waals surface area contributed by atoms with Gasteiger partial charge in [-0.15, -0.1) is 0 Å². The summed E-state index contributed by atoms with van der Waals surface area (Å²) in [5.41, 5.74) is 3.31. The van der Waals surface area contributed by atoms with Crippen LogP contribution < -0.4 is 14.5 Å². The highest BCUT2D eigenvalue weighted by molar-refractivity contribution is 7.92. The molecule has 1 N–H and O–H groups in total. The first-order valence-electron chi connectivity index (χ1n) is 8.28. The van der Waals surface area contributed by atoms with Crippen LogP contribution in [0.15, 0.2) is 48.5 Å². The number of hydrogen-bond acceptors (Lipinski definition) is 4. The first kappa shape index (κ1) is 19.8. The van der Waals surface area contributed by atoms with Crippen molar-refractivity contribution in [2.24, 2.45) is 0 Å². The average Bonchev–Trinajstić information content (AvgIpc) is 2.56. The molecule has 0 saturated heterocycles. The first-order valence-corrected chi connectivity index (χ1v) is 10.1. The van der Waals surface area contributed by atoms with E-state index in [0.717, 1.165) is 17.5 Å². The van der Waals surface area contributed by atoms with E-state index in [4.69, 9.17) is 0 Å². The van der Waals surface area contributed by atoms with Crippen molar-refractivity contribution in [1.82, 2.24) is 0 Å². The highest BCUT2D eigenvalue weighted by Gasteiger charge is 2.18. The predicted octanol–water partition coefficient (Wildman–Crippen LogP) is 2.86. The minimum absolute atomic E-state index is 0.0659. The Morgan fingerprint density at radius 3 is 2.00 bits per heavy atom. The standard InChI is InChI=1S/C19H25N3O3S/c1-15-5-7-16(8-6-15)20-19(23)13-14-22(26(4,24)25)18-11-9-17(10-12-18)21(2)3/h5-12H,13-14H2,1-4H3,(H,20,23). The Morgan fingerprint density at radius 1 is 0.962 bits per heavy atom. The number of sulfonamides is 1. The van der Waals surface area contributed by atoms with Gasteiger partial charge in [-0.2, -0.15) is 0 Å². The molecule has 7 heteroatoms. The molecule has 0 heterocycles. The molecule has 2 rings (SSSR count). The van der Waals surface area contributed by atoms with Gasteiger partial charge in [0.2, 0.25) is 15.9 Å². The van der Waals surface area contributed by atoms with Gasteiger partial charge in [-0.25, -0.2) is 8.42 Å². The quantitative estimate of drug-likeness (QED) is 0.808. The van der Waals surface area contributed by atoms with Crippen molar-refractivity contribution in [3.63, 3.8) is 0 Å². The van der Waals surface area contributed by atoms with Crippen LogP contribution in [0.5, 0.6) is 0 Å². The molecule has 2 aromatic rings. The van der Waals surface area contributed by atoms with Gasteiger partial charge in [0.05, 0.1) is 11.9 Å². The van der Waals surface area contributed by atoms with E-state index >= 15 is 0 Å². The molecule has 1 amide bonds. The average molecular weight is 375 g/mol. The molecule has 0 bridgehead atoms. The van der Waals surface area contributed by atoms with Crippen molar-refractivity contribution in [1.29, 1.82) is 0 Å². The minimum Gasteiger partial charge on any atom is -0.378 e. The molecule has 0 radical (unpaired) electrons. The smallest absolute Gasteiger partial charge is 0.232 e. The molecule has 26 heavy (non-hydrogen) atoms. The number of anilines is 3. The van der Waals surface area contributed by atoms with Gasteiger partial charge in [0.25, 0.3) is 0 Å². The van der Waals surface area contributed by atoms with Crippen molar-refractivity contribution in [3.8, 4) is 0 Å². The Kier molecular flexibility index (Phi) is 6.26. The zero-order valence-corrected chi connectivity index (χ0v) is 16.4. The number of carbonyl (C=O) groups excluding carboxylic acids is 1. The van der Waals surface area contributed by atoms with E-state index in [1.807, 2.05) is 62.3 Å². The molecule has 2 aromatic carbocycles. The summed E-state index contributed by atoms with van der Waals surface area (Å²) in [7, 11) is 0.345. The lowest BCUT2D eigenvalue weighted by Gasteiger charge is -2.23. The highest BCUT2D eigenvalue weighted by Crippen LogP contribution is 2.22. The summed E-state index contributed by atoms with van der Waals surface area (Å²) < 4.78 is 25.5. The van der Waals surface area contributed by atoms with Crippen molar-refractivity contribution < 1.29 is 13.2 Å². The van der Waals surface area contributed by atoms with E-state index in [-0.39, 0.29) is 18.9 Å². The summed E-state index contributed by atoms with van der Waals surface area (Å²) in [4.78, 5) is 14.1. The molecule has 0 unspecified atom stereocenters. The van der Waals surface area contributed by atoms with Crippen LogP contribution >= 0.6 is 0 Å². The molecule has 140 valence electrons. The second-order valence-electron chi connectivity index (χ2n) is 6.41. The predicted molar refractivity (Wildman–Crippen MR) is 107 cm³/mol. The lowest BCUT2D eigenvalue weighted by molar-refractivity contribution is -0.116. The maximum Gasteiger partial charge on any atom is 0.232 e. The van der Waals surface area contributed by atoms with Crippen LogP contribution in [0.25, 0.3) is 0 Å². The lowest BCUT2D eigenvalue weighted by atomic mass is 10.2. The van der Waals surface area contributed by atoms with Crippen LogP contribution in [0.4, 0.5) is 17.1 Å². The van der Waals surface area contributed by atoms with Crippen LogP contribution in [0.2, 0.25) is 0 Å². The summed E-state index contributed by atoms with van der Waals surface area (Å²) in [6.45, 7) is 2.05. The SMILES string of the molecule is Cc1ccc(NC(=O)CCN(c2ccc(N(C)C)cc2)S(C)(=O)=O)cc1. The molecule has 0 aliphatic carbocycles. The lowest BCUT2D eigenvalue weighted by Crippen LogP contribution is -2.33. The maximum atomic E-state index is 12.2. The number of nitrogens with one attached hydrogen (secondary N) is 1. The van der Waals surface area contributed by atoms with Gasteiger partial charge in [-0.3, -0.25) is 9.10 Å². The largest absolute Gasteiger partial charge is 0.378 e. The molecule has 6 nitrogen and oxygen atoms in total. The number of amides is 1. The molecule has 0 fully saturated rings. The third kappa shape index (κ3) is 5.49. The van der Waals surface area contributed by atoms with E-state index < -0.39 is 10.0 Å². The van der Waals surface area contributed by atoms with Gasteiger partial charge in [0, 0.05) is 38.4 Å². The van der Waals surface area contributed by atoms with E-state index in [0.29, 0.717) is 11.4 Å². The monoisotopic (exact) mass is 375 g/mol. The Labute approximate surface area is 155 Å². The van der Waals surface area contributed by atoms with Crippen molar-refractivity contribution in [3.05, 3.63) is 54.1 Å². The summed E-state index contributed by atoms with van der Waals surface area (Å²) in [6.07, 6.45) is 1.21. The topological polar surface area (TPSA) is 69.7 Å². The van der Waals surface area contributed by atoms with Gasteiger partial charge >= 0.3 is 0 Å². The van der Waals surface area contributed by atoms with E-state index in [1.54, 1.807) is 12.1 Å². The van der Waals surface area contributed by atoms with Gasteiger partial charge in [0.1, 0.15) is 0 Å². The van der Waals surface area contributed by atoms with Crippen molar-refractivity contribution >= 4 is 33.0 Å². The molecule has 0 spiro atoms. The van der Waals surface area contributed by atoms with Crippen molar-refractivity contribution in [2.75, 3.05) is 41.4 Å². The number of benzene rings is 2. The van der Waals surface area contributed by atoms with Crippen LogP contribution in [-0.2, 0) is 14.8 Å². The second kappa shape index (κ2) is 8.23. The van der Waals surface area contributed by atoms with Crippen LogP contribution in [0, 0.1) is 6.92 Å². The van der Waals surface area contributed by atoms with Gasteiger partial charge < -0.3 is 10.2 Å². The first-order chi connectivity index (χ1) is 12.2. The number of rotatable bonds is 7. The molecule has 0 aromatic heterocycles. The Hall–Kier alpha value is -2.54. The summed E-state index contributed by atoms with van der Waals surface area (Å²) in [5.74, 6) is -0.229. The van der Waals surface area contributed by atoms with Gasteiger partial charge in [-0.05, 0) is 43.3 Å². The second-order valence-corrected chi connectivity index (χ2v) is 8.32. The van der Waals surface area contributed by atoms with Crippen LogP contribution in [-0.4, -0.2) is 41.2 Å². The third-order valence-corrected chi connectivity index (χ3v) is 5.13. The van der Waals surface area contributed by atoms with E-state index in [1.165, 1.54) is 4.31 Å². The van der Waals surface area contributed by atoms with Crippen molar-refractivity contribution in [2.45, 2.75) is 13.3 Å². The fraction of sp³-hybridized carbons (Fsp3) is 0.316. The van der Waals surface area contributed by atoms with Crippen LogP contribution in [0.3, 0.4) is 0 Å². The maximum absolute atomic E-state index is 12.2. The Balaban J connectivity index is 2.06. The van der Waals surface area contributed by atoms with E-state index in [2.05, 4.69) is 5.32 Å². The number of nitrogens with zero attached hydrogens (tertiary/aromatic N) is 2. The zero-order chi connectivity index (χ0) is 19.3. The third-order valence-electron chi connectivity index (χ3n) is 3.93. The Morgan fingerprint density at radius 2 is 1.50 bits per heavy atom. The summed E-state index contributed by atoms with van der Waals surface area (Å²) in [5, 5.41) is 2.78. The normalized spacial score (nSPS) is 11.1. The summed E-state index contributed by atoms with van der Waals surface area (Å²) >= 11 is 0. The number of hydrogen-bond donors (Lipinski definition) is 1.